The van der Waals surface area contributed by atoms with Crippen LogP contribution in [0.2, 0.25) is 0 Å². The minimum Gasteiger partial charge on any atom is -0.393 e. The van der Waals surface area contributed by atoms with Crippen LogP contribution in [-0.2, 0) is 19.1 Å². The maximum absolute atomic E-state index is 13.0. The molecule has 32 heavy (non-hydrogen) atoms. The first kappa shape index (κ1) is 23.8. The largest absolute Gasteiger partial charge is 0.393 e. The fourth-order valence-electron chi connectivity index (χ4n) is 7.86. The number of hydrogen-bond donors (Lipinski definition) is 2. The average Bonchev–Trinajstić information content (AvgIpc) is 3.19. The van der Waals surface area contributed by atoms with Gasteiger partial charge in [0, 0.05) is 16.7 Å². The van der Waals surface area contributed by atoms with Crippen molar-refractivity contribution in [1.82, 2.24) is 0 Å². The Morgan fingerprint density at radius 1 is 1.28 bits per heavy atom. The van der Waals surface area contributed by atoms with E-state index in [4.69, 9.17) is 9.47 Å². The molecule has 0 bridgehead atoms. The van der Waals surface area contributed by atoms with Gasteiger partial charge in [-0.05, 0) is 56.6 Å². The third-order valence-corrected chi connectivity index (χ3v) is 8.92. The van der Waals surface area contributed by atoms with Crippen LogP contribution in [0.1, 0.15) is 66.7 Å². The highest BCUT2D eigenvalue weighted by Gasteiger charge is 2.75. The summed E-state index contributed by atoms with van der Waals surface area (Å²) < 4.78 is 12.2. The zero-order chi connectivity index (χ0) is 23.5. The molecule has 0 radical (unpaired) electrons. The first-order valence-electron chi connectivity index (χ1n) is 12.2. The second kappa shape index (κ2) is 8.15. The highest BCUT2D eigenvalue weighted by atomic mass is 16.7. The lowest BCUT2D eigenvalue weighted by molar-refractivity contribution is -0.197. The van der Waals surface area contributed by atoms with Crippen LogP contribution in [-0.4, -0.2) is 52.5 Å². The molecule has 1 heterocycles. The number of allylic oxidation sites excluding steroid dienone is 4. The molecule has 0 aromatic carbocycles. The minimum absolute atomic E-state index is 0.0116. The molecule has 178 valence electrons. The van der Waals surface area contributed by atoms with Crippen molar-refractivity contribution in [1.29, 1.82) is 0 Å². The highest BCUT2D eigenvalue weighted by Crippen LogP contribution is 2.69. The van der Waals surface area contributed by atoms with Gasteiger partial charge in [-0.1, -0.05) is 45.8 Å². The summed E-state index contributed by atoms with van der Waals surface area (Å²) in [5.74, 6) is 0.00833. The average molecular weight is 447 g/mol. The van der Waals surface area contributed by atoms with E-state index in [1.54, 1.807) is 19.1 Å². The van der Waals surface area contributed by atoms with Gasteiger partial charge in [0.15, 0.2) is 23.5 Å². The van der Waals surface area contributed by atoms with E-state index in [9.17, 15) is 19.8 Å². The lowest BCUT2D eigenvalue weighted by atomic mass is 9.46. The number of carbonyl (C=O) groups excluding carboxylic acids is 2. The van der Waals surface area contributed by atoms with E-state index in [1.165, 1.54) is 6.42 Å². The van der Waals surface area contributed by atoms with Crippen LogP contribution in [0.5, 0.6) is 0 Å². The lowest BCUT2D eigenvalue weighted by Gasteiger charge is -2.59. The normalized spacial score (nSPS) is 48.6. The maximum atomic E-state index is 13.0. The molecule has 5 aliphatic rings. The predicted molar refractivity (Wildman–Crippen MR) is 120 cm³/mol. The summed E-state index contributed by atoms with van der Waals surface area (Å²) in [7, 11) is 0. The molecular formula is C26H38O6. The van der Waals surface area contributed by atoms with E-state index in [0.717, 1.165) is 18.4 Å². The molecule has 3 saturated carbocycles. The molecule has 0 spiro atoms. The molecule has 9 atom stereocenters. The van der Waals surface area contributed by atoms with Crippen molar-refractivity contribution >= 4 is 11.6 Å². The van der Waals surface area contributed by atoms with E-state index < -0.39 is 36.1 Å². The monoisotopic (exact) mass is 446 g/mol. The number of carbonyl (C=O) groups is 2. The fourth-order valence-corrected chi connectivity index (χ4v) is 7.86. The standard InChI is InChI=1S/C23H30O6.C3H8/c1-12-28-19-9-16-15-5-4-13-8-14(25)6-7-21(13,2)20(15)17(26)10-22(16,3)23(19,29-12)18(27)11-24;1-3-2/h6-8,12,15-17,19-20,24,26H,4-5,9-11H2,1-3H3;3H2,1-2H3/t12?,15-,16-,17-,19+,20+,21-,22-,23+;/m0./s1. The maximum Gasteiger partial charge on any atom is 0.193 e. The third-order valence-electron chi connectivity index (χ3n) is 8.92. The van der Waals surface area contributed by atoms with E-state index in [1.807, 2.05) is 13.0 Å². The molecule has 6 heteroatoms. The Morgan fingerprint density at radius 2 is 1.97 bits per heavy atom. The number of aliphatic hydroxyl groups is 2. The number of ether oxygens (including phenoxy) is 2. The van der Waals surface area contributed by atoms with Gasteiger partial charge in [0.1, 0.15) is 6.61 Å². The van der Waals surface area contributed by atoms with Crippen LogP contribution < -0.4 is 0 Å². The van der Waals surface area contributed by atoms with E-state index in [0.29, 0.717) is 12.8 Å². The molecule has 1 saturated heterocycles. The second-order valence-electron chi connectivity index (χ2n) is 10.8. The van der Waals surface area contributed by atoms with Gasteiger partial charge < -0.3 is 19.7 Å². The van der Waals surface area contributed by atoms with Crippen molar-refractivity contribution in [3.63, 3.8) is 0 Å². The van der Waals surface area contributed by atoms with Crippen molar-refractivity contribution in [2.45, 2.75) is 90.8 Å². The minimum atomic E-state index is -1.20. The summed E-state index contributed by atoms with van der Waals surface area (Å²) in [5.41, 5.74) is -1.05. The Labute approximate surface area is 191 Å². The summed E-state index contributed by atoms with van der Waals surface area (Å²) in [4.78, 5) is 25.0. The molecule has 4 aliphatic carbocycles. The first-order chi connectivity index (χ1) is 15.1. The van der Waals surface area contributed by atoms with Crippen LogP contribution in [0, 0.1) is 28.6 Å². The molecule has 5 rings (SSSR count). The van der Waals surface area contributed by atoms with E-state index in [-0.39, 0.29) is 34.7 Å². The van der Waals surface area contributed by atoms with Gasteiger partial charge in [0.2, 0.25) is 0 Å². The predicted octanol–water partition coefficient (Wildman–Crippen LogP) is 3.35. The van der Waals surface area contributed by atoms with Gasteiger partial charge in [-0.15, -0.1) is 0 Å². The SMILES string of the molecule is CC1O[C@@H]2C[C@H]3[C@@H]4CCC5=CC(=O)C=C[C@]5(C)[C@H]4[C@@H](O)C[C@]3(C)[C@]2(C(=O)CO)O1.CCC. The number of rotatable bonds is 2. The van der Waals surface area contributed by atoms with Gasteiger partial charge in [-0.25, -0.2) is 0 Å². The Hall–Kier alpha value is -1.34. The highest BCUT2D eigenvalue weighted by molar-refractivity contribution is 6.01. The smallest absolute Gasteiger partial charge is 0.193 e. The van der Waals surface area contributed by atoms with Crippen LogP contribution in [0.25, 0.3) is 0 Å². The van der Waals surface area contributed by atoms with Gasteiger partial charge in [0.05, 0.1) is 12.2 Å². The quantitative estimate of drug-likeness (QED) is 0.676. The molecular weight excluding hydrogens is 408 g/mol. The van der Waals surface area contributed by atoms with Crippen molar-refractivity contribution < 1.29 is 29.3 Å². The number of ketones is 2. The van der Waals surface area contributed by atoms with Crippen LogP contribution >= 0.6 is 0 Å². The Kier molecular flexibility index (Phi) is 6.07. The molecule has 0 aromatic rings. The summed E-state index contributed by atoms with van der Waals surface area (Å²) in [6, 6.07) is 0. The Balaban J connectivity index is 0.000000775. The molecule has 2 N–H and O–H groups in total. The summed E-state index contributed by atoms with van der Waals surface area (Å²) in [5, 5.41) is 21.2. The van der Waals surface area contributed by atoms with E-state index >= 15 is 0 Å². The topological polar surface area (TPSA) is 93.1 Å². The van der Waals surface area contributed by atoms with Gasteiger partial charge in [-0.3, -0.25) is 9.59 Å². The zero-order valence-electron chi connectivity index (χ0n) is 20.0. The van der Waals surface area contributed by atoms with Crippen molar-refractivity contribution in [2.24, 2.45) is 28.6 Å². The molecule has 4 fully saturated rings. The summed E-state index contributed by atoms with van der Waals surface area (Å²) in [6.45, 7) is 9.62. The first-order valence-corrected chi connectivity index (χ1v) is 12.2. The number of aliphatic hydroxyl groups excluding tert-OH is 2. The molecule has 6 nitrogen and oxygen atoms in total. The van der Waals surface area contributed by atoms with Gasteiger partial charge in [0.25, 0.3) is 0 Å². The van der Waals surface area contributed by atoms with Crippen LogP contribution in [0.3, 0.4) is 0 Å². The lowest BCUT2D eigenvalue weighted by Crippen LogP contribution is -2.63. The Morgan fingerprint density at radius 3 is 2.62 bits per heavy atom. The molecule has 0 amide bonds. The number of Topliss-reactive ketones (excluding diaryl/α,β-unsaturated/α-hetero) is 1. The van der Waals surface area contributed by atoms with Crippen molar-refractivity contribution in [3.05, 3.63) is 23.8 Å². The molecule has 0 aromatic heterocycles. The van der Waals surface area contributed by atoms with Crippen molar-refractivity contribution in [2.75, 3.05) is 6.61 Å². The fraction of sp³-hybridized carbons (Fsp3) is 0.769. The molecule has 1 unspecified atom stereocenters. The third kappa shape index (κ3) is 3.06. The number of fused-ring (bicyclic) bond motifs is 7. The summed E-state index contributed by atoms with van der Waals surface area (Å²) in [6.07, 6.45) is 7.86. The van der Waals surface area contributed by atoms with Crippen LogP contribution in [0.4, 0.5) is 0 Å². The second-order valence-corrected chi connectivity index (χ2v) is 10.8. The van der Waals surface area contributed by atoms with Gasteiger partial charge in [-0.2, -0.15) is 0 Å². The van der Waals surface area contributed by atoms with Gasteiger partial charge >= 0.3 is 0 Å². The molecule has 1 aliphatic heterocycles. The Bertz CT molecular complexity index is 847. The van der Waals surface area contributed by atoms with Crippen LogP contribution in [0.15, 0.2) is 23.8 Å². The summed E-state index contributed by atoms with van der Waals surface area (Å²) >= 11 is 0. The zero-order valence-corrected chi connectivity index (χ0v) is 20.0. The number of hydrogen-bond acceptors (Lipinski definition) is 6. The van der Waals surface area contributed by atoms with Crippen molar-refractivity contribution in [3.8, 4) is 0 Å². The van der Waals surface area contributed by atoms with E-state index in [2.05, 4.69) is 20.8 Å².